The van der Waals surface area contributed by atoms with Crippen molar-refractivity contribution in [1.29, 1.82) is 5.26 Å². The molecule has 0 aliphatic carbocycles. The number of carboxylic acid groups (broad SMARTS) is 1. The summed E-state index contributed by atoms with van der Waals surface area (Å²) in [7, 11) is -4.09. The number of carbonyl (C=O) groups is 1. The summed E-state index contributed by atoms with van der Waals surface area (Å²) in [4.78, 5) is 13.2. The van der Waals surface area contributed by atoms with E-state index in [2.05, 4.69) is 0 Å². The van der Waals surface area contributed by atoms with Crippen molar-refractivity contribution < 1.29 is 36.6 Å². The number of carboxylic acids is 1. The third-order valence-corrected chi connectivity index (χ3v) is 7.04. The largest absolute Gasteiger partial charge is 0.477 e. The highest BCUT2D eigenvalue weighted by atomic mass is 32.2. The van der Waals surface area contributed by atoms with Gasteiger partial charge in [0.05, 0.1) is 29.1 Å². The summed E-state index contributed by atoms with van der Waals surface area (Å²) in [5.74, 6) is -1.21. The van der Waals surface area contributed by atoms with Crippen LogP contribution < -0.4 is 14.2 Å². The second kappa shape index (κ2) is 9.38. The van der Waals surface area contributed by atoms with Crippen molar-refractivity contribution in [2.45, 2.75) is 19.4 Å². The average molecular weight is 505 g/mol. The highest BCUT2D eigenvalue weighted by Gasteiger charge is 2.30. The number of anilines is 1. The summed E-state index contributed by atoms with van der Waals surface area (Å²) >= 11 is 1.31. The highest BCUT2D eigenvalue weighted by molar-refractivity contribution is 7.85. The Morgan fingerprint density at radius 1 is 1.26 bits per heavy atom. The van der Waals surface area contributed by atoms with Crippen LogP contribution in [0.25, 0.3) is 16.3 Å². The van der Waals surface area contributed by atoms with Crippen molar-refractivity contribution in [2.75, 3.05) is 17.2 Å². The number of hydrogen-bond acceptors (Lipinski definition) is 7. The molecule has 0 spiro atoms. The standard InChI is InChI=1S/C22H18FN3O6S2/c23-15-4-5-18-16(10-15)25(7-1-2-8-34(29,30)31)20(32-18)11-21-26(13-22(27)28)17-9-14(12-24)3-6-19(17)33-21/h3-6,9-11H,1-2,7-8,13H2,(H-,27,28,29,30,31)/p+1. The van der Waals surface area contributed by atoms with E-state index >= 15 is 0 Å². The normalized spacial score (nSPS) is 14.3. The first-order chi connectivity index (χ1) is 16.1. The zero-order valence-electron chi connectivity index (χ0n) is 17.6. The lowest BCUT2D eigenvalue weighted by Gasteiger charge is -2.17. The van der Waals surface area contributed by atoms with Gasteiger partial charge in [0, 0.05) is 18.7 Å². The molecule has 0 unspecified atom stereocenters. The molecule has 0 amide bonds. The van der Waals surface area contributed by atoms with Crippen LogP contribution in [0.5, 0.6) is 5.75 Å². The molecule has 0 saturated heterocycles. The summed E-state index contributed by atoms with van der Waals surface area (Å²) in [5, 5.41) is 19.2. The number of fused-ring (bicyclic) bond motifs is 2. The molecule has 0 saturated carbocycles. The Hall–Kier alpha value is -3.53. The highest BCUT2D eigenvalue weighted by Crippen LogP contribution is 2.40. The molecule has 34 heavy (non-hydrogen) atoms. The summed E-state index contributed by atoms with van der Waals surface area (Å²) in [5.41, 5.74) is 1.43. The molecule has 2 N–H and O–H groups in total. The minimum atomic E-state index is -4.09. The number of hydrogen-bond donors (Lipinski definition) is 2. The Morgan fingerprint density at radius 3 is 2.76 bits per heavy atom. The van der Waals surface area contributed by atoms with Gasteiger partial charge in [0.2, 0.25) is 17.9 Å². The van der Waals surface area contributed by atoms with Crippen LogP contribution in [0.1, 0.15) is 23.4 Å². The second-order valence-electron chi connectivity index (χ2n) is 7.56. The van der Waals surface area contributed by atoms with Crippen LogP contribution in [-0.4, -0.2) is 36.3 Å². The van der Waals surface area contributed by atoms with Crippen LogP contribution in [0.4, 0.5) is 10.1 Å². The Balaban J connectivity index is 1.73. The molecule has 0 fully saturated rings. The number of nitriles is 1. The van der Waals surface area contributed by atoms with Gasteiger partial charge in [-0.05, 0) is 37.1 Å². The molecule has 2 heterocycles. The predicted octanol–water partition coefficient (Wildman–Crippen LogP) is 3.15. The van der Waals surface area contributed by atoms with E-state index in [0.29, 0.717) is 39.8 Å². The lowest BCUT2D eigenvalue weighted by Crippen LogP contribution is -2.39. The first kappa shape index (κ1) is 23.6. The average Bonchev–Trinajstić information content (AvgIpc) is 3.27. The van der Waals surface area contributed by atoms with Gasteiger partial charge in [0.15, 0.2) is 5.75 Å². The van der Waals surface area contributed by atoms with Gasteiger partial charge in [-0.15, -0.1) is 0 Å². The number of unbranched alkanes of at least 4 members (excludes halogenated alkanes) is 1. The van der Waals surface area contributed by atoms with Gasteiger partial charge < -0.3 is 14.7 Å². The number of aliphatic carboxylic acids is 1. The number of thiazole rings is 1. The van der Waals surface area contributed by atoms with Crippen molar-refractivity contribution >= 4 is 49.4 Å². The maximum absolute atomic E-state index is 13.9. The minimum Gasteiger partial charge on any atom is -0.477 e. The van der Waals surface area contributed by atoms with E-state index in [-0.39, 0.29) is 19.5 Å². The summed E-state index contributed by atoms with van der Waals surface area (Å²) in [6.45, 7) is -0.0653. The summed E-state index contributed by atoms with van der Waals surface area (Å²) < 4.78 is 53.2. The first-order valence-electron chi connectivity index (χ1n) is 10.1. The third-order valence-electron chi connectivity index (χ3n) is 5.13. The monoisotopic (exact) mass is 504 g/mol. The van der Waals surface area contributed by atoms with Crippen molar-refractivity contribution in [3.05, 3.63) is 58.7 Å². The molecule has 0 atom stereocenters. The Kier molecular flexibility index (Phi) is 6.52. The third kappa shape index (κ3) is 5.17. The lowest BCUT2D eigenvalue weighted by atomic mass is 10.2. The van der Waals surface area contributed by atoms with Crippen LogP contribution in [0.15, 0.2) is 42.3 Å². The summed E-state index contributed by atoms with van der Waals surface area (Å²) in [6.07, 6.45) is 2.19. The lowest BCUT2D eigenvalue weighted by molar-refractivity contribution is -0.657. The van der Waals surface area contributed by atoms with E-state index in [9.17, 15) is 28.0 Å². The van der Waals surface area contributed by atoms with Gasteiger partial charge in [-0.3, -0.25) is 4.55 Å². The number of aromatic nitrogens is 1. The molecule has 1 aromatic heterocycles. The fourth-order valence-electron chi connectivity index (χ4n) is 3.65. The topological polar surface area (TPSA) is 132 Å². The molecular formula is C22H19FN3O6S2+. The molecule has 0 radical (unpaired) electrons. The van der Waals surface area contributed by atoms with Crippen LogP contribution >= 0.6 is 11.3 Å². The van der Waals surface area contributed by atoms with E-state index in [4.69, 9.17) is 9.29 Å². The van der Waals surface area contributed by atoms with Gasteiger partial charge in [0.1, 0.15) is 10.5 Å². The molecule has 176 valence electrons. The Bertz CT molecular complexity index is 1460. The maximum Gasteiger partial charge on any atom is 0.370 e. The van der Waals surface area contributed by atoms with E-state index < -0.39 is 27.7 Å². The van der Waals surface area contributed by atoms with Crippen LogP contribution in [0.2, 0.25) is 0 Å². The molecule has 1 aliphatic rings. The first-order valence-corrected chi connectivity index (χ1v) is 12.6. The fraction of sp³-hybridized carbons (Fsp3) is 0.227. The van der Waals surface area contributed by atoms with Crippen molar-refractivity contribution in [3.63, 3.8) is 0 Å². The zero-order chi connectivity index (χ0) is 24.5. The van der Waals surface area contributed by atoms with Crippen molar-refractivity contribution in [2.24, 2.45) is 0 Å². The minimum absolute atomic E-state index is 0.187. The van der Waals surface area contributed by atoms with E-state index in [1.165, 1.54) is 29.5 Å². The fourth-order valence-corrected chi connectivity index (χ4v) is 5.29. The second-order valence-corrected chi connectivity index (χ2v) is 10.2. The quantitative estimate of drug-likeness (QED) is 0.272. The molecule has 2 aromatic carbocycles. The predicted molar refractivity (Wildman–Crippen MR) is 122 cm³/mol. The maximum atomic E-state index is 13.9. The van der Waals surface area contributed by atoms with E-state index in [1.54, 1.807) is 33.7 Å². The van der Waals surface area contributed by atoms with Gasteiger partial charge in [0.25, 0.3) is 15.1 Å². The molecule has 3 aromatic rings. The van der Waals surface area contributed by atoms with Gasteiger partial charge >= 0.3 is 5.97 Å². The number of benzene rings is 2. The molecule has 1 aliphatic heterocycles. The zero-order valence-corrected chi connectivity index (χ0v) is 19.3. The number of ether oxygens (including phenoxy) is 1. The Morgan fingerprint density at radius 2 is 2.06 bits per heavy atom. The molecule has 9 nitrogen and oxygen atoms in total. The molecule has 4 rings (SSSR count). The number of nitrogens with zero attached hydrogens (tertiary/aromatic N) is 3. The molecule has 12 heteroatoms. The molecular weight excluding hydrogens is 485 g/mol. The van der Waals surface area contributed by atoms with Gasteiger partial charge in [-0.25, -0.2) is 9.18 Å². The van der Waals surface area contributed by atoms with E-state index in [0.717, 1.165) is 4.70 Å². The number of halogens is 1. The smallest absolute Gasteiger partial charge is 0.370 e. The van der Waals surface area contributed by atoms with Crippen LogP contribution in [0.3, 0.4) is 0 Å². The van der Waals surface area contributed by atoms with Crippen LogP contribution in [-0.2, 0) is 21.5 Å². The van der Waals surface area contributed by atoms with Gasteiger partial charge in [-0.2, -0.15) is 18.2 Å². The molecule has 0 bridgehead atoms. The van der Waals surface area contributed by atoms with Crippen molar-refractivity contribution in [3.8, 4) is 11.8 Å². The van der Waals surface area contributed by atoms with Crippen LogP contribution in [0, 0.1) is 17.1 Å². The SMILES string of the molecule is N#Cc1ccc2sc(C=C3Oc4ccc(F)cc4N3CCCCS(=O)(=O)O)[n+](CC(=O)O)c2c1. The Labute approximate surface area is 198 Å². The van der Waals surface area contributed by atoms with E-state index in [1.807, 2.05) is 6.07 Å². The van der Waals surface area contributed by atoms with Crippen molar-refractivity contribution in [1.82, 2.24) is 0 Å². The van der Waals surface area contributed by atoms with Gasteiger partial charge in [-0.1, -0.05) is 11.3 Å². The summed E-state index contributed by atoms with van der Waals surface area (Å²) in [6, 6.07) is 11.1. The number of rotatable bonds is 8.